The molecule has 5 heteroatoms. The highest BCUT2D eigenvalue weighted by Gasteiger charge is 2.11. The molecule has 102 valence electrons. The second kappa shape index (κ2) is 6.66. The molecule has 0 fully saturated rings. The molecule has 2 rings (SSSR count). The molecule has 0 heterocycles. The Kier molecular flexibility index (Phi) is 4.66. The second-order valence-corrected chi connectivity index (χ2v) is 4.15. The Morgan fingerprint density at radius 3 is 2.60 bits per heavy atom. The van der Waals surface area contributed by atoms with Gasteiger partial charge >= 0.3 is 0 Å². The van der Waals surface area contributed by atoms with Crippen LogP contribution in [0.3, 0.4) is 0 Å². The van der Waals surface area contributed by atoms with Crippen LogP contribution in [-0.4, -0.2) is 6.29 Å². The fourth-order valence-corrected chi connectivity index (χ4v) is 1.74. The summed E-state index contributed by atoms with van der Waals surface area (Å²) in [5.74, 6) is 5.32. The van der Waals surface area contributed by atoms with E-state index in [4.69, 9.17) is 20.7 Å². The Hall–Kier alpha value is -2.42. The lowest BCUT2D eigenvalue weighted by atomic mass is 10.1. The summed E-state index contributed by atoms with van der Waals surface area (Å²) >= 11 is 0. The molecule has 0 aliphatic rings. The lowest BCUT2D eigenvalue weighted by Crippen LogP contribution is -2.26. The van der Waals surface area contributed by atoms with Crippen LogP contribution >= 0.6 is 0 Å². The number of nitriles is 1. The van der Waals surface area contributed by atoms with Crippen molar-refractivity contribution in [3.05, 3.63) is 65.5 Å². The van der Waals surface area contributed by atoms with Crippen molar-refractivity contribution in [2.75, 3.05) is 0 Å². The number of hydrogen-bond acceptors (Lipinski definition) is 4. The molecule has 0 amide bonds. The third-order valence-corrected chi connectivity index (χ3v) is 2.69. The van der Waals surface area contributed by atoms with Gasteiger partial charge in [0, 0.05) is 6.42 Å². The van der Waals surface area contributed by atoms with E-state index >= 15 is 0 Å². The van der Waals surface area contributed by atoms with Crippen LogP contribution in [0.1, 0.15) is 11.1 Å². The molecule has 2 aromatic rings. The molecule has 0 saturated heterocycles. The maximum Gasteiger partial charge on any atom is 0.221 e. The summed E-state index contributed by atoms with van der Waals surface area (Å²) in [5.41, 5.74) is 1.42. The van der Waals surface area contributed by atoms with E-state index in [2.05, 4.69) is 6.07 Å². The van der Waals surface area contributed by atoms with Gasteiger partial charge in [-0.1, -0.05) is 12.1 Å². The molecule has 0 spiro atoms. The summed E-state index contributed by atoms with van der Waals surface area (Å²) in [6.45, 7) is 0. The fraction of sp³-hybridized carbons (Fsp3) is 0.133. The van der Waals surface area contributed by atoms with E-state index in [0.29, 0.717) is 17.7 Å². The highest BCUT2D eigenvalue weighted by Crippen LogP contribution is 2.16. The first-order valence-electron chi connectivity index (χ1n) is 5.98. The summed E-state index contributed by atoms with van der Waals surface area (Å²) < 4.78 is 18.3. The van der Waals surface area contributed by atoms with Crippen molar-refractivity contribution >= 4 is 0 Å². The average Bonchev–Trinajstić information content (AvgIpc) is 2.49. The van der Waals surface area contributed by atoms with Crippen molar-refractivity contribution in [2.24, 2.45) is 5.90 Å². The normalized spacial score (nSPS) is 11.7. The molecule has 0 aliphatic heterocycles. The highest BCUT2D eigenvalue weighted by molar-refractivity contribution is 5.33. The number of nitrogens with zero attached hydrogens (tertiary/aromatic N) is 1. The van der Waals surface area contributed by atoms with E-state index in [1.165, 1.54) is 24.3 Å². The van der Waals surface area contributed by atoms with Gasteiger partial charge < -0.3 is 4.74 Å². The van der Waals surface area contributed by atoms with Crippen molar-refractivity contribution in [1.82, 2.24) is 0 Å². The molecule has 0 bridgehead atoms. The molecule has 0 aromatic heterocycles. The molecule has 2 N–H and O–H groups in total. The Labute approximate surface area is 116 Å². The summed E-state index contributed by atoms with van der Waals surface area (Å²) in [6, 6.07) is 14.7. The summed E-state index contributed by atoms with van der Waals surface area (Å²) in [4.78, 5) is 4.76. The standard InChI is InChI=1S/C15H13FN2O2/c16-13-4-6-14(7-5-13)19-15(20-18)9-11-2-1-3-12(8-11)10-17/h1-8,15H,9,18H2. The predicted molar refractivity (Wildman–Crippen MR) is 70.9 cm³/mol. The van der Waals surface area contributed by atoms with Gasteiger partial charge in [0.25, 0.3) is 0 Å². The number of nitrogens with two attached hydrogens (primary N) is 1. The minimum absolute atomic E-state index is 0.343. The summed E-state index contributed by atoms with van der Waals surface area (Å²) in [7, 11) is 0. The number of halogens is 1. The molecule has 4 nitrogen and oxygen atoms in total. The van der Waals surface area contributed by atoms with Crippen molar-refractivity contribution in [1.29, 1.82) is 5.26 Å². The lowest BCUT2D eigenvalue weighted by Gasteiger charge is -2.16. The Balaban J connectivity index is 2.05. The van der Waals surface area contributed by atoms with Crippen LogP contribution in [0.4, 0.5) is 4.39 Å². The zero-order valence-corrected chi connectivity index (χ0v) is 10.6. The molecule has 1 unspecified atom stereocenters. The minimum atomic E-state index is -0.714. The zero-order valence-electron chi connectivity index (χ0n) is 10.6. The van der Waals surface area contributed by atoms with Gasteiger partial charge in [-0.3, -0.25) is 4.84 Å². The van der Waals surface area contributed by atoms with Gasteiger partial charge in [-0.15, -0.1) is 0 Å². The van der Waals surface area contributed by atoms with Crippen LogP contribution < -0.4 is 10.6 Å². The van der Waals surface area contributed by atoms with Gasteiger partial charge in [0.2, 0.25) is 6.29 Å². The van der Waals surface area contributed by atoms with Gasteiger partial charge in [0.05, 0.1) is 11.6 Å². The third-order valence-electron chi connectivity index (χ3n) is 2.69. The molecule has 0 radical (unpaired) electrons. The molecule has 2 aromatic carbocycles. The molecular formula is C15H13FN2O2. The monoisotopic (exact) mass is 272 g/mol. The van der Waals surface area contributed by atoms with Crippen LogP contribution in [0.2, 0.25) is 0 Å². The van der Waals surface area contributed by atoms with E-state index in [9.17, 15) is 4.39 Å². The number of benzene rings is 2. The number of ether oxygens (including phenoxy) is 1. The first-order valence-corrected chi connectivity index (χ1v) is 5.98. The fourth-order valence-electron chi connectivity index (χ4n) is 1.74. The zero-order chi connectivity index (χ0) is 14.4. The van der Waals surface area contributed by atoms with Gasteiger partial charge in [-0.2, -0.15) is 5.26 Å². The average molecular weight is 272 g/mol. The Bertz CT molecular complexity index is 608. The third kappa shape index (κ3) is 3.79. The predicted octanol–water partition coefficient (Wildman–Crippen LogP) is 2.54. The Morgan fingerprint density at radius 2 is 1.95 bits per heavy atom. The minimum Gasteiger partial charge on any atom is -0.463 e. The smallest absolute Gasteiger partial charge is 0.221 e. The van der Waals surface area contributed by atoms with Crippen LogP contribution in [-0.2, 0) is 11.3 Å². The van der Waals surface area contributed by atoms with Gasteiger partial charge in [-0.05, 0) is 42.0 Å². The van der Waals surface area contributed by atoms with Crippen LogP contribution in [0.5, 0.6) is 5.75 Å². The number of rotatable bonds is 5. The highest BCUT2D eigenvalue weighted by atomic mass is 19.1. The van der Waals surface area contributed by atoms with Gasteiger partial charge in [0.1, 0.15) is 11.6 Å². The summed E-state index contributed by atoms with van der Waals surface area (Å²) in [5, 5.41) is 8.84. The van der Waals surface area contributed by atoms with E-state index in [1.807, 2.05) is 6.07 Å². The van der Waals surface area contributed by atoms with Gasteiger partial charge in [0.15, 0.2) is 0 Å². The van der Waals surface area contributed by atoms with E-state index in [0.717, 1.165) is 5.56 Å². The van der Waals surface area contributed by atoms with Crippen molar-refractivity contribution in [3.63, 3.8) is 0 Å². The number of hydrogen-bond donors (Lipinski definition) is 1. The second-order valence-electron chi connectivity index (χ2n) is 4.15. The van der Waals surface area contributed by atoms with Crippen LogP contribution in [0, 0.1) is 17.1 Å². The maximum atomic E-state index is 12.8. The van der Waals surface area contributed by atoms with Crippen molar-refractivity contribution in [3.8, 4) is 11.8 Å². The molecule has 20 heavy (non-hydrogen) atoms. The lowest BCUT2D eigenvalue weighted by molar-refractivity contribution is -0.0814. The van der Waals surface area contributed by atoms with E-state index in [1.54, 1.807) is 18.2 Å². The molecule has 0 aliphatic carbocycles. The quantitative estimate of drug-likeness (QED) is 0.671. The first kappa shape index (κ1) is 14.0. The van der Waals surface area contributed by atoms with E-state index < -0.39 is 6.29 Å². The van der Waals surface area contributed by atoms with Crippen molar-refractivity contribution < 1.29 is 14.0 Å². The SMILES string of the molecule is N#Cc1cccc(CC(ON)Oc2ccc(F)cc2)c1. The van der Waals surface area contributed by atoms with Crippen LogP contribution in [0.15, 0.2) is 48.5 Å². The molecular weight excluding hydrogens is 259 g/mol. The largest absolute Gasteiger partial charge is 0.463 e. The van der Waals surface area contributed by atoms with Crippen molar-refractivity contribution in [2.45, 2.75) is 12.7 Å². The molecule has 0 saturated carbocycles. The maximum absolute atomic E-state index is 12.8. The van der Waals surface area contributed by atoms with Gasteiger partial charge in [-0.25, -0.2) is 10.3 Å². The van der Waals surface area contributed by atoms with Crippen LogP contribution in [0.25, 0.3) is 0 Å². The first-order chi connectivity index (χ1) is 9.71. The Morgan fingerprint density at radius 1 is 1.20 bits per heavy atom. The van der Waals surface area contributed by atoms with E-state index in [-0.39, 0.29) is 5.82 Å². The molecule has 1 atom stereocenters. The topological polar surface area (TPSA) is 68.3 Å². The summed E-state index contributed by atoms with van der Waals surface area (Å²) in [6.07, 6.45) is -0.335.